The Morgan fingerprint density at radius 2 is 2.00 bits per heavy atom. The number of aromatic nitrogens is 1. The quantitative estimate of drug-likeness (QED) is 0.633. The second-order valence-corrected chi connectivity index (χ2v) is 3.26. The molecule has 0 saturated carbocycles. The fourth-order valence-corrected chi connectivity index (χ4v) is 1.48. The highest BCUT2D eigenvalue weighted by Gasteiger charge is 2.28. The van der Waals surface area contributed by atoms with E-state index in [0.29, 0.717) is 19.5 Å². The van der Waals surface area contributed by atoms with E-state index < -0.39 is 0 Å². The van der Waals surface area contributed by atoms with Gasteiger partial charge >= 0.3 is 0 Å². The van der Waals surface area contributed by atoms with E-state index >= 15 is 0 Å². The van der Waals surface area contributed by atoms with Crippen molar-refractivity contribution < 1.29 is 9.59 Å². The molecule has 1 aromatic rings. The van der Waals surface area contributed by atoms with E-state index in [1.54, 1.807) is 17.3 Å². The minimum absolute atomic E-state index is 0.279. The maximum absolute atomic E-state index is 11.3. The summed E-state index contributed by atoms with van der Waals surface area (Å²) >= 11 is 0. The van der Waals surface area contributed by atoms with Crippen LogP contribution >= 0.6 is 0 Å². The fourth-order valence-electron chi connectivity index (χ4n) is 1.48. The lowest BCUT2D eigenvalue weighted by Crippen LogP contribution is -2.26. The molecule has 2 rings (SSSR count). The number of carbonyl (C=O) groups excluding carboxylic acids is 2. The molecule has 14 heavy (non-hydrogen) atoms. The molecule has 2 heterocycles. The van der Waals surface area contributed by atoms with Gasteiger partial charge in [-0.05, 0) is 17.7 Å². The molecule has 0 spiro atoms. The van der Waals surface area contributed by atoms with Crippen LogP contribution in [0.3, 0.4) is 0 Å². The largest absolute Gasteiger partial charge is 0.331 e. The third kappa shape index (κ3) is 1.64. The summed E-state index contributed by atoms with van der Waals surface area (Å²) in [4.78, 5) is 27.7. The van der Waals surface area contributed by atoms with E-state index in [9.17, 15) is 9.59 Å². The van der Waals surface area contributed by atoms with Gasteiger partial charge < -0.3 is 4.90 Å². The monoisotopic (exact) mass is 190 g/mol. The molecular weight excluding hydrogens is 180 g/mol. The molecule has 0 atom stereocenters. The van der Waals surface area contributed by atoms with Crippen molar-refractivity contribution in [2.45, 2.75) is 13.0 Å². The van der Waals surface area contributed by atoms with E-state index in [4.69, 9.17) is 0 Å². The van der Waals surface area contributed by atoms with Crippen LogP contribution in [-0.2, 0) is 16.1 Å². The highest BCUT2D eigenvalue weighted by atomic mass is 16.2. The molecule has 0 aliphatic carbocycles. The average molecular weight is 190 g/mol. The second kappa shape index (κ2) is 3.57. The van der Waals surface area contributed by atoms with Crippen LogP contribution in [-0.4, -0.2) is 28.1 Å². The van der Waals surface area contributed by atoms with Crippen LogP contribution < -0.4 is 0 Å². The third-order valence-corrected chi connectivity index (χ3v) is 2.26. The zero-order chi connectivity index (χ0) is 9.97. The first-order chi connectivity index (χ1) is 6.77. The molecule has 0 bridgehead atoms. The van der Waals surface area contributed by atoms with Gasteiger partial charge in [-0.25, -0.2) is 0 Å². The molecule has 4 heteroatoms. The Morgan fingerprint density at radius 1 is 1.29 bits per heavy atom. The van der Waals surface area contributed by atoms with Gasteiger partial charge in [0, 0.05) is 31.9 Å². The molecule has 4 nitrogen and oxygen atoms in total. The lowest BCUT2D eigenvalue weighted by atomic mass is 10.2. The van der Waals surface area contributed by atoms with Crippen LogP contribution in [0, 0.1) is 0 Å². The Labute approximate surface area is 81.6 Å². The number of likely N-dealkylation sites (tertiary alicyclic amines) is 1. The summed E-state index contributed by atoms with van der Waals surface area (Å²) in [5, 5.41) is 0. The Hall–Kier alpha value is -1.71. The number of rotatable bonds is 2. The van der Waals surface area contributed by atoms with Gasteiger partial charge in [-0.3, -0.25) is 14.6 Å². The Kier molecular flexibility index (Phi) is 2.26. The van der Waals surface area contributed by atoms with Crippen molar-refractivity contribution in [1.29, 1.82) is 0 Å². The summed E-state index contributed by atoms with van der Waals surface area (Å²) in [5.41, 5.74) is 1.00. The molecule has 0 N–H and O–H groups in total. The predicted molar refractivity (Wildman–Crippen MR) is 49.3 cm³/mol. The number of nitrogens with zero attached hydrogens (tertiary/aromatic N) is 2. The predicted octanol–water partition coefficient (Wildman–Crippen LogP) is 0.383. The zero-order valence-electron chi connectivity index (χ0n) is 7.64. The lowest BCUT2D eigenvalue weighted by Gasteiger charge is -2.13. The van der Waals surface area contributed by atoms with E-state index in [-0.39, 0.29) is 11.7 Å². The number of carbonyl (C=O) groups is 2. The van der Waals surface area contributed by atoms with Crippen LogP contribution in [0.2, 0.25) is 0 Å². The summed E-state index contributed by atoms with van der Waals surface area (Å²) in [6.07, 6.45) is 3.71. The van der Waals surface area contributed by atoms with E-state index in [1.165, 1.54) is 0 Å². The van der Waals surface area contributed by atoms with Crippen LogP contribution in [0.15, 0.2) is 24.5 Å². The van der Waals surface area contributed by atoms with Crippen molar-refractivity contribution in [2.24, 2.45) is 0 Å². The van der Waals surface area contributed by atoms with Gasteiger partial charge in [-0.2, -0.15) is 0 Å². The molecule has 1 saturated heterocycles. The fraction of sp³-hybridized carbons (Fsp3) is 0.300. The lowest BCUT2D eigenvalue weighted by molar-refractivity contribution is -0.140. The second-order valence-electron chi connectivity index (χ2n) is 3.26. The normalized spacial score (nSPS) is 16.4. The number of pyridine rings is 1. The van der Waals surface area contributed by atoms with Gasteiger partial charge in [-0.1, -0.05) is 0 Å². The average Bonchev–Trinajstić information content (AvgIpc) is 2.52. The SMILES string of the molecule is O=C1CCN(Cc2ccncc2)C1=O. The van der Waals surface area contributed by atoms with Crippen molar-refractivity contribution in [2.75, 3.05) is 6.54 Å². The first-order valence-electron chi connectivity index (χ1n) is 4.48. The molecule has 0 unspecified atom stereocenters. The summed E-state index contributed by atoms with van der Waals surface area (Å²) in [5.74, 6) is -0.638. The van der Waals surface area contributed by atoms with E-state index in [0.717, 1.165) is 5.56 Å². The number of amides is 1. The molecule has 1 amide bonds. The number of hydrogen-bond acceptors (Lipinski definition) is 3. The van der Waals surface area contributed by atoms with Gasteiger partial charge in [-0.15, -0.1) is 0 Å². The smallest absolute Gasteiger partial charge is 0.290 e. The van der Waals surface area contributed by atoms with Crippen LogP contribution in [0.25, 0.3) is 0 Å². The van der Waals surface area contributed by atoms with Crippen LogP contribution in [0.4, 0.5) is 0 Å². The van der Waals surface area contributed by atoms with Gasteiger partial charge in [0.05, 0.1) is 0 Å². The minimum Gasteiger partial charge on any atom is -0.331 e. The highest BCUT2D eigenvalue weighted by molar-refractivity contribution is 6.37. The maximum Gasteiger partial charge on any atom is 0.290 e. The molecule has 1 aromatic heterocycles. The highest BCUT2D eigenvalue weighted by Crippen LogP contribution is 2.10. The van der Waals surface area contributed by atoms with Gasteiger partial charge in [0.15, 0.2) is 0 Å². The van der Waals surface area contributed by atoms with E-state index in [1.807, 2.05) is 12.1 Å². The molecule has 1 fully saturated rings. The van der Waals surface area contributed by atoms with Gasteiger partial charge in [0.25, 0.3) is 5.91 Å². The number of Topliss-reactive ketones (excluding diaryl/α,β-unsaturated/α-hetero) is 1. The van der Waals surface area contributed by atoms with Crippen molar-refractivity contribution in [3.05, 3.63) is 30.1 Å². The first-order valence-corrected chi connectivity index (χ1v) is 4.48. The van der Waals surface area contributed by atoms with Crippen molar-refractivity contribution in [3.8, 4) is 0 Å². The Morgan fingerprint density at radius 3 is 2.57 bits per heavy atom. The van der Waals surface area contributed by atoms with Crippen molar-refractivity contribution >= 4 is 11.7 Å². The Bertz CT molecular complexity index is 362. The third-order valence-electron chi connectivity index (χ3n) is 2.26. The zero-order valence-corrected chi connectivity index (χ0v) is 7.64. The summed E-state index contributed by atoms with van der Waals surface area (Å²) in [7, 11) is 0. The molecule has 72 valence electrons. The Balaban J connectivity index is 2.06. The number of hydrogen-bond donors (Lipinski definition) is 0. The molecular formula is C10H10N2O2. The summed E-state index contributed by atoms with van der Waals surface area (Å²) < 4.78 is 0. The molecule has 0 aromatic carbocycles. The summed E-state index contributed by atoms with van der Waals surface area (Å²) in [6, 6.07) is 3.69. The first kappa shape index (κ1) is 8.87. The molecule has 1 aliphatic heterocycles. The van der Waals surface area contributed by atoms with Gasteiger partial charge in [0.2, 0.25) is 5.78 Å². The minimum atomic E-state index is -0.359. The summed E-state index contributed by atoms with van der Waals surface area (Å²) in [6.45, 7) is 1.05. The standard InChI is InChI=1S/C10H10N2O2/c13-9-3-6-12(10(9)14)7-8-1-4-11-5-2-8/h1-2,4-5H,3,6-7H2. The van der Waals surface area contributed by atoms with Crippen molar-refractivity contribution in [1.82, 2.24) is 9.88 Å². The molecule has 1 aliphatic rings. The maximum atomic E-state index is 11.3. The topological polar surface area (TPSA) is 50.3 Å². The molecule has 0 radical (unpaired) electrons. The van der Waals surface area contributed by atoms with Crippen LogP contribution in [0.1, 0.15) is 12.0 Å². The van der Waals surface area contributed by atoms with Gasteiger partial charge in [0.1, 0.15) is 0 Å². The van der Waals surface area contributed by atoms with E-state index in [2.05, 4.69) is 4.98 Å². The van der Waals surface area contributed by atoms with Crippen molar-refractivity contribution in [3.63, 3.8) is 0 Å². The number of ketones is 1. The van der Waals surface area contributed by atoms with Crippen LogP contribution in [0.5, 0.6) is 0 Å².